The molecule has 1 aliphatic rings. The van der Waals surface area contributed by atoms with E-state index in [0.29, 0.717) is 31.8 Å². The minimum atomic E-state index is -4.01. The second kappa shape index (κ2) is 5.66. The van der Waals surface area contributed by atoms with Crippen molar-refractivity contribution in [3.05, 3.63) is 24.0 Å². The average molecular weight is 335 g/mol. The molecule has 5 nitrogen and oxygen atoms in total. The molecule has 0 bridgehead atoms. The van der Waals surface area contributed by atoms with Crippen molar-refractivity contribution in [2.45, 2.75) is 29.6 Å². The highest BCUT2D eigenvalue weighted by Crippen LogP contribution is 2.26. The summed E-state index contributed by atoms with van der Waals surface area (Å²) in [6.45, 7) is 2.69. The molecule has 0 spiro atoms. The number of sulfonamides is 1. The lowest BCUT2D eigenvalue weighted by atomic mass is 10.0. The maximum atomic E-state index is 13.9. The van der Waals surface area contributed by atoms with Crippen molar-refractivity contribution < 1.29 is 21.2 Å². The maximum absolute atomic E-state index is 13.9. The van der Waals surface area contributed by atoms with E-state index in [9.17, 15) is 21.2 Å². The standard InChI is InChI=1S/C13H18FNO4S2/c1-10-5-7-15(8-6-10)21(18,19)13-9-11(20(2,16)17)3-4-12(13)14/h3-4,9-10H,5-8H2,1-2H3. The molecule has 1 fully saturated rings. The van der Waals surface area contributed by atoms with E-state index >= 15 is 0 Å². The summed E-state index contributed by atoms with van der Waals surface area (Å²) in [5, 5.41) is 0. The second-order valence-corrected chi connectivity index (χ2v) is 9.37. The molecule has 21 heavy (non-hydrogen) atoms. The maximum Gasteiger partial charge on any atom is 0.246 e. The van der Waals surface area contributed by atoms with Gasteiger partial charge < -0.3 is 0 Å². The molecule has 1 aromatic rings. The lowest BCUT2D eigenvalue weighted by Crippen LogP contribution is -2.38. The fourth-order valence-electron chi connectivity index (χ4n) is 2.28. The summed E-state index contributed by atoms with van der Waals surface area (Å²) in [5.41, 5.74) is 0. The van der Waals surface area contributed by atoms with Crippen molar-refractivity contribution in [1.29, 1.82) is 0 Å². The monoisotopic (exact) mass is 335 g/mol. The Bertz CT molecular complexity index is 735. The largest absolute Gasteiger partial charge is 0.246 e. The Balaban J connectivity index is 2.45. The van der Waals surface area contributed by atoms with Crippen LogP contribution in [-0.2, 0) is 19.9 Å². The Morgan fingerprint density at radius 3 is 2.24 bits per heavy atom. The van der Waals surface area contributed by atoms with Crippen LogP contribution in [0.1, 0.15) is 19.8 Å². The van der Waals surface area contributed by atoms with Gasteiger partial charge in [0.1, 0.15) is 10.7 Å². The van der Waals surface area contributed by atoms with Gasteiger partial charge in [0, 0.05) is 19.3 Å². The van der Waals surface area contributed by atoms with Crippen LogP contribution >= 0.6 is 0 Å². The van der Waals surface area contributed by atoms with Crippen LogP contribution in [0.2, 0.25) is 0 Å². The van der Waals surface area contributed by atoms with Gasteiger partial charge in [0.05, 0.1) is 4.90 Å². The van der Waals surface area contributed by atoms with Gasteiger partial charge in [-0.15, -0.1) is 0 Å². The normalized spacial score (nSPS) is 18.8. The Kier molecular flexibility index (Phi) is 4.41. The molecule has 118 valence electrons. The van der Waals surface area contributed by atoms with Gasteiger partial charge in [-0.05, 0) is 37.0 Å². The second-order valence-electron chi connectivity index (χ2n) is 5.45. The molecule has 1 heterocycles. The summed E-state index contributed by atoms with van der Waals surface area (Å²) in [6, 6.07) is 2.86. The number of benzene rings is 1. The van der Waals surface area contributed by atoms with Crippen LogP contribution < -0.4 is 0 Å². The molecule has 0 aliphatic carbocycles. The highest BCUT2D eigenvalue weighted by atomic mass is 32.2. The summed E-state index contributed by atoms with van der Waals surface area (Å²) in [7, 11) is -7.60. The highest BCUT2D eigenvalue weighted by Gasteiger charge is 2.31. The number of nitrogens with zero attached hydrogens (tertiary/aromatic N) is 1. The van der Waals surface area contributed by atoms with E-state index in [2.05, 4.69) is 0 Å². The lowest BCUT2D eigenvalue weighted by molar-refractivity contribution is 0.287. The van der Waals surface area contributed by atoms with E-state index in [0.717, 1.165) is 24.5 Å². The van der Waals surface area contributed by atoms with Crippen LogP contribution in [0.5, 0.6) is 0 Å². The van der Waals surface area contributed by atoms with E-state index in [1.165, 1.54) is 4.31 Å². The van der Waals surface area contributed by atoms with Crippen molar-refractivity contribution in [2.24, 2.45) is 5.92 Å². The molecule has 1 saturated heterocycles. The van der Waals surface area contributed by atoms with Crippen LogP contribution in [0.4, 0.5) is 4.39 Å². The van der Waals surface area contributed by atoms with Gasteiger partial charge in [-0.3, -0.25) is 0 Å². The van der Waals surface area contributed by atoms with Crippen molar-refractivity contribution >= 4 is 19.9 Å². The van der Waals surface area contributed by atoms with E-state index in [-0.39, 0.29) is 4.90 Å². The van der Waals surface area contributed by atoms with E-state index in [1.807, 2.05) is 6.92 Å². The molecule has 0 unspecified atom stereocenters. The van der Waals surface area contributed by atoms with Crippen molar-refractivity contribution in [2.75, 3.05) is 19.3 Å². The van der Waals surface area contributed by atoms with Gasteiger partial charge in [0.25, 0.3) is 0 Å². The van der Waals surface area contributed by atoms with E-state index < -0.39 is 30.6 Å². The van der Waals surface area contributed by atoms with Gasteiger partial charge >= 0.3 is 0 Å². The molecule has 2 rings (SSSR count). The molecule has 0 atom stereocenters. The molecule has 0 saturated carbocycles. The first-order valence-corrected chi connectivity index (χ1v) is 9.95. The Hall–Kier alpha value is -0.990. The number of rotatable bonds is 3. The first kappa shape index (κ1) is 16.4. The molecular formula is C13H18FNO4S2. The smallest absolute Gasteiger partial charge is 0.224 e. The van der Waals surface area contributed by atoms with Gasteiger partial charge in [0.2, 0.25) is 10.0 Å². The number of piperidine rings is 1. The topological polar surface area (TPSA) is 71.5 Å². The summed E-state index contributed by atoms with van der Waals surface area (Å²) in [4.78, 5) is -0.771. The Morgan fingerprint density at radius 1 is 1.14 bits per heavy atom. The SMILES string of the molecule is CC1CCN(S(=O)(=O)c2cc(S(C)(=O)=O)ccc2F)CC1. The van der Waals surface area contributed by atoms with Crippen molar-refractivity contribution in [3.8, 4) is 0 Å². The summed E-state index contributed by atoms with van der Waals surface area (Å²) >= 11 is 0. The zero-order valence-corrected chi connectivity index (χ0v) is 13.5. The van der Waals surface area contributed by atoms with Gasteiger partial charge in [-0.25, -0.2) is 21.2 Å². The number of halogens is 1. The van der Waals surface area contributed by atoms with Gasteiger partial charge in [-0.1, -0.05) is 6.92 Å². The number of sulfone groups is 1. The fraction of sp³-hybridized carbons (Fsp3) is 0.538. The first-order chi connectivity index (χ1) is 9.62. The molecule has 0 N–H and O–H groups in total. The zero-order chi connectivity index (χ0) is 15.8. The third kappa shape index (κ3) is 3.44. The van der Waals surface area contributed by atoms with Gasteiger partial charge in [0.15, 0.2) is 9.84 Å². The Labute approximate surface area is 124 Å². The van der Waals surface area contributed by atoms with Crippen LogP contribution in [0.3, 0.4) is 0 Å². The third-order valence-corrected chi connectivity index (χ3v) is 6.72. The van der Waals surface area contributed by atoms with Crippen LogP contribution in [0.15, 0.2) is 28.0 Å². The fourth-order valence-corrected chi connectivity index (χ4v) is 4.56. The van der Waals surface area contributed by atoms with Crippen LogP contribution in [0.25, 0.3) is 0 Å². The lowest BCUT2D eigenvalue weighted by Gasteiger charge is -2.29. The van der Waals surface area contributed by atoms with Crippen LogP contribution in [-0.4, -0.2) is 40.5 Å². The quantitative estimate of drug-likeness (QED) is 0.788. The molecular weight excluding hydrogens is 317 g/mol. The third-order valence-electron chi connectivity index (χ3n) is 3.69. The van der Waals surface area contributed by atoms with E-state index in [1.54, 1.807) is 0 Å². The summed E-state index contributed by atoms with van der Waals surface area (Å²) in [5.74, 6) is -0.496. The predicted octanol–water partition coefficient (Wildman–Crippen LogP) is 1.65. The molecule has 1 aromatic carbocycles. The molecule has 0 amide bonds. The first-order valence-electron chi connectivity index (χ1n) is 6.62. The summed E-state index contributed by atoms with van der Waals surface area (Å²) in [6.07, 6.45) is 2.39. The van der Waals surface area contributed by atoms with Gasteiger partial charge in [-0.2, -0.15) is 4.31 Å². The predicted molar refractivity (Wildman–Crippen MR) is 76.7 cm³/mol. The zero-order valence-electron chi connectivity index (χ0n) is 11.9. The Morgan fingerprint density at radius 2 is 1.71 bits per heavy atom. The minimum Gasteiger partial charge on any atom is -0.224 e. The minimum absolute atomic E-state index is 0.201. The number of hydrogen-bond acceptors (Lipinski definition) is 4. The molecule has 8 heteroatoms. The van der Waals surface area contributed by atoms with E-state index in [4.69, 9.17) is 0 Å². The van der Waals surface area contributed by atoms with Crippen molar-refractivity contribution in [1.82, 2.24) is 4.31 Å². The van der Waals surface area contributed by atoms with Crippen molar-refractivity contribution in [3.63, 3.8) is 0 Å². The highest BCUT2D eigenvalue weighted by molar-refractivity contribution is 7.91. The molecule has 1 aliphatic heterocycles. The molecule has 0 radical (unpaired) electrons. The number of hydrogen-bond donors (Lipinski definition) is 0. The summed E-state index contributed by atoms with van der Waals surface area (Å²) < 4.78 is 63.1. The average Bonchev–Trinajstić information content (AvgIpc) is 2.38. The van der Waals surface area contributed by atoms with Crippen LogP contribution in [0, 0.1) is 11.7 Å². The molecule has 0 aromatic heterocycles.